The topological polar surface area (TPSA) is 57.5 Å². The Kier molecular flexibility index (Phi) is 3.20. The molecule has 0 bridgehead atoms. The summed E-state index contributed by atoms with van der Waals surface area (Å²) in [6, 6.07) is 4.99. The molecule has 1 aliphatic rings. The molecule has 0 amide bonds. The van der Waals surface area contributed by atoms with Gasteiger partial charge in [0.05, 0.1) is 11.2 Å². The van der Waals surface area contributed by atoms with Gasteiger partial charge in [0, 0.05) is 0 Å². The molecule has 2 N–H and O–H groups in total. The van der Waals surface area contributed by atoms with E-state index < -0.39 is 11.6 Å². The van der Waals surface area contributed by atoms with Gasteiger partial charge >= 0.3 is 5.97 Å². The summed E-state index contributed by atoms with van der Waals surface area (Å²) in [5.74, 6) is -0.921. The average Bonchev–Trinajstić information content (AvgIpc) is 2.29. The van der Waals surface area contributed by atoms with E-state index in [-0.39, 0.29) is 5.56 Å². The van der Waals surface area contributed by atoms with Crippen molar-refractivity contribution in [1.82, 2.24) is 0 Å². The number of hydrogen-bond acceptors (Lipinski definition) is 2. The Morgan fingerprint density at radius 3 is 2.41 bits per heavy atom. The third kappa shape index (κ3) is 2.34. The first-order valence-electron chi connectivity index (χ1n) is 6.10. The van der Waals surface area contributed by atoms with Gasteiger partial charge in [-0.05, 0) is 43.0 Å². The first kappa shape index (κ1) is 12.1. The molecule has 3 heteroatoms. The van der Waals surface area contributed by atoms with Crippen molar-refractivity contribution < 1.29 is 15.0 Å². The molecule has 1 aliphatic carbocycles. The second-order valence-electron chi connectivity index (χ2n) is 4.93. The Balaban J connectivity index is 2.35. The molecule has 0 heterocycles. The lowest BCUT2D eigenvalue weighted by Crippen LogP contribution is -2.29. The van der Waals surface area contributed by atoms with E-state index in [0.29, 0.717) is 0 Å². The summed E-state index contributed by atoms with van der Waals surface area (Å²) in [7, 11) is 0. The molecular formula is C14H18O3. The second kappa shape index (κ2) is 4.49. The standard InChI is InChI=1S/C14H18O3/c1-10-9-11(13(15)16)5-6-12(10)14(17)7-3-2-4-8-14/h5-6,9,17H,2-4,7-8H2,1H3,(H,15,16). The number of aliphatic hydroxyl groups is 1. The number of carboxylic acid groups (broad SMARTS) is 1. The quantitative estimate of drug-likeness (QED) is 0.827. The third-order valence-electron chi connectivity index (χ3n) is 3.66. The maximum Gasteiger partial charge on any atom is 0.335 e. The number of hydrogen-bond donors (Lipinski definition) is 2. The fourth-order valence-electron chi connectivity index (χ4n) is 2.72. The summed E-state index contributed by atoms with van der Waals surface area (Å²) in [5, 5.41) is 19.5. The third-order valence-corrected chi connectivity index (χ3v) is 3.66. The van der Waals surface area contributed by atoms with Crippen molar-refractivity contribution in [1.29, 1.82) is 0 Å². The molecule has 1 fully saturated rings. The molecule has 0 atom stereocenters. The van der Waals surface area contributed by atoms with Crippen LogP contribution in [0.15, 0.2) is 18.2 Å². The van der Waals surface area contributed by atoms with E-state index in [2.05, 4.69) is 0 Å². The van der Waals surface area contributed by atoms with Crippen LogP contribution in [0.4, 0.5) is 0 Å². The summed E-state index contributed by atoms with van der Waals surface area (Å²) >= 11 is 0. The van der Waals surface area contributed by atoms with Crippen LogP contribution in [-0.4, -0.2) is 16.2 Å². The SMILES string of the molecule is Cc1cc(C(=O)O)ccc1C1(O)CCCCC1. The number of carboxylic acids is 1. The van der Waals surface area contributed by atoms with E-state index in [9.17, 15) is 9.90 Å². The minimum atomic E-state index is -0.921. The van der Waals surface area contributed by atoms with Gasteiger partial charge in [0.15, 0.2) is 0 Å². The summed E-state index contributed by atoms with van der Waals surface area (Å²) < 4.78 is 0. The van der Waals surface area contributed by atoms with Crippen LogP contribution in [0.25, 0.3) is 0 Å². The van der Waals surface area contributed by atoms with E-state index in [4.69, 9.17) is 5.11 Å². The molecule has 0 spiro atoms. The minimum Gasteiger partial charge on any atom is -0.478 e. The number of rotatable bonds is 2. The van der Waals surface area contributed by atoms with E-state index in [1.807, 2.05) is 6.92 Å². The molecule has 1 aromatic rings. The van der Waals surface area contributed by atoms with Crippen LogP contribution in [0.1, 0.15) is 53.6 Å². The molecule has 3 nitrogen and oxygen atoms in total. The summed E-state index contributed by atoms with van der Waals surface area (Å²) in [6.45, 7) is 1.87. The van der Waals surface area contributed by atoms with Crippen LogP contribution in [0.5, 0.6) is 0 Å². The molecule has 0 aliphatic heterocycles. The minimum absolute atomic E-state index is 0.283. The Morgan fingerprint density at radius 2 is 1.88 bits per heavy atom. The van der Waals surface area contributed by atoms with Crippen molar-refractivity contribution in [3.8, 4) is 0 Å². The zero-order chi connectivity index (χ0) is 12.5. The first-order chi connectivity index (χ1) is 8.03. The summed E-state index contributed by atoms with van der Waals surface area (Å²) in [5.41, 5.74) is 1.29. The van der Waals surface area contributed by atoms with Gasteiger partial charge < -0.3 is 10.2 Å². The molecule has 0 unspecified atom stereocenters. The zero-order valence-corrected chi connectivity index (χ0v) is 10.1. The highest BCUT2D eigenvalue weighted by Crippen LogP contribution is 2.38. The number of carbonyl (C=O) groups is 1. The normalized spacial score (nSPS) is 18.9. The van der Waals surface area contributed by atoms with Gasteiger partial charge in [0.1, 0.15) is 0 Å². The predicted octanol–water partition coefficient (Wildman–Crippen LogP) is 2.84. The van der Waals surface area contributed by atoms with Gasteiger partial charge in [-0.3, -0.25) is 0 Å². The molecule has 17 heavy (non-hydrogen) atoms. The van der Waals surface area contributed by atoms with E-state index >= 15 is 0 Å². The van der Waals surface area contributed by atoms with Gasteiger partial charge in [-0.15, -0.1) is 0 Å². The molecule has 1 saturated carbocycles. The molecule has 2 rings (SSSR count). The molecule has 0 radical (unpaired) electrons. The van der Waals surface area contributed by atoms with Crippen LogP contribution < -0.4 is 0 Å². The number of benzene rings is 1. The van der Waals surface area contributed by atoms with Crippen LogP contribution in [-0.2, 0) is 5.60 Å². The fourth-order valence-corrected chi connectivity index (χ4v) is 2.72. The molecule has 0 saturated heterocycles. The van der Waals surface area contributed by atoms with Crippen LogP contribution in [0, 0.1) is 6.92 Å². The summed E-state index contributed by atoms with van der Waals surface area (Å²) in [4.78, 5) is 10.9. The van der Waals surface area contributed by atoms with Gasteiger partial charge in [-0.1, -0.05) is 25.3 Å². The Hall–Kier alpha value is -1.35. The van der Waals surface area contributed by atoms with Gasteiger partial charge in [0.25, 0.3) is 0 Å². The van der Waals surface area contributed by atoms with E-state index in [1.165, 1.54) is 6.42 Å². The Bertz CT molecular complexity index is 431. The van der Waals surface area contributed by atoms with E-state index in [0.717, 1.165) is 36.8 Å². The van der Waals surface area contributed by atoms with Crippen molar-refractivity contribution in [2.24, 2.45) is 0 Å². The van der Waals surface area contributed by atoms with Crippen molar-refractivity contribution in [2.45, 2.75) is 44.6 Å². The zero-order valence-electron chi connectivity index (χ0n) is 10.1. The lowest BCUT2D eigenvalue weighted by molar-refractivity contribution is -0.00122. The smallest absolute Gasteiger partial charge is 0.335 e. The van der Waals surface area contributed by atoms with Crippen LogP contribution >= 0.6 is 0 Å². The average molecular weight is 234 g/mol. The van der Waals surface area contributed by atoms with Crippen LogP contribution in [0.3, 0.4) is 0 Å². The Morgan fingerprint density at radius 1 is 1.24 bits per heavy atom. The second-order valence-corrected chi connectivity index (χ2v) is 4.93. The maximum atomic E-state index is 10.9. The highest BCUT2D eigenvalue weighted by molar-refractivity contribution is 5.87. The highest BCUT2D eigenvalue weighted by atomic mass is 16.4. The van der Waals surface area contributed by atoms with Gasteiger partial charge in [-0.2, -0.15) is 0 Å². The number of aromatic carboxylic acids is 1. The molecular weight excluding hydrogens is 216 g/mol. The molecule has 1 aromatic carbocycles. The lowest BCUT2D eigenvalue weighted by Gasteiger charge is -2.33. The Labute approximate surface area is 101 Å². The van der Waals surface area contributed by atoms with Gasteiger partial charge in [0.2, 0.25) is 0 Å². The van der Waals surface area contributed by atoms with E-state index in [1.54, 1.807) is 18.2 Å². The number of aryl methyl sites for hydroxylation is 1. The van der Waals surface area contributed by atoms with Crippen molar-refractivity contribution >= 4 is 5.97 Å². The summed E-state index contributed by atoms with van der Waals surface area (Å²) in [6.07, 6.45) is 4.81. The predicted molar refractivity (Wildman–Crippen MR) is 65.1 cm³/mol. The van der Waals surface area contributed by atoms with Crippen LogP contribution in [0.2, 0.25) is 0 Å². The first-order valence-corrected chi connectivity index (χ1v) is 6.10. The van der Waals surface area contributed by atoms with Crippen molar-refractivity contribution in [3.63, 3.8) is 0 Å². The van der Waals surface area contributed by atoms with Crippen molar-refractivity contribution in [2.75, 3.05) is 0 Å². The largest absolute Gasteiger partial charge is 0.478 e. The molecule has 0 aromatic heterocycles. The molecule has 92 valence electrons. The lowest BCUT2D eigenvalue weighted by atomic mass is 9.78. The van der Waals surface area contributed by atoms with Gasteiger partial charge in [-0.25, -0.2) is 4.79 Å². The monoisotopic (exact) mass is 234 g/mol. The van der Waals surface area contributed by atoms with Crippen molar-refractivity contribution in [3.05, 3.63) is 34.9 Å². The fraction of sp³-hybridized carbons (Fsp3) is 0.500. The maximum absolute atomic E-state index is 10.9. The highest BCUT2D eigenvalue weighted by Gasteiger charge is 2.32.